The van der Waals surface area contributed by atoms with Crippen molar-refractivity contribution in [2.24, 2.45) is 11.7 Å². The number of Topliss-reactive ketones (excluding diaryl/α,β-unsaturated/α-hetero) is 1. The number of cyclic esters (lactones) is 1. The molecule has 32 nitrogen and oxygen atoms in total. The topological polar surface area (TPSA) is 534 Å². The molecule has 1 fully saturated rings. The molecule has 2 heterocycles. The van der Waals surface area contributed by atoms with Gasteiger partial charge in [-0.2, -0.15) is 0 Å². The Kier molecular flexibility index (Phi) is 34.6. The molecule has 0 radical (unpaired) electrons. The van der Waals surface area contributed by atoms with Crippen LogP contribution in [0.4, 0.5) is 0 Å². The molecule has 3 rings (SSSR count). The minimum Gasteiger partial charge on any atom is -0.481 e. The predicted octanol–water partition coefficient (Wildman–Crippen LogP) is -2.98. The maximum absolute atomic E-state index is 14.5. The first-order valence-corrected chi connectivity index (χ1v) is 31.4. The van der Waals surface area contributed by atoms with Gasteiger partial charge in [-0.25, -0.2) is 9.59 Å². The highest BCUT2D eigenvalue weighted by atomic mass is 35.5. The molecule has 33 heteroatoms. The fourth-order valence-electron chi connectivity index (χ4n) is 9.95. The molecule has 13 atom stereocenters. The second-order valence-electron chi connectivity index (χ2n) is 22.8. The maximum atomic E-state index is 14.5. The van der Waals surface area contributed by atoms with E-state index >= 15 is 0 Å². The number of aliphatic carboxylic acids is 2. The Morgan fingerprint density at radius 3 is 2.00 bits per heavy atom. The molecule has 1 aliphatic rings. The summed E-state index contributed by atoms with van der Waals surface area (Å²) < 4.78 is 5.25. The molecule has 93 heavy (non-hydrogen) atoms. The summed E-state index contributed by atoms with van der Waals surface area (Å²) >= 11 is 5.88. The zero-order valence-electron chi connectivity index (χ0n) is 52.2. The van der Waals surface area contributed by atoms with Gasteiger partial charge in [0.25, 0.3) is 11.8 Å². The fourth-order valence-corrected chi connectivity index (χ4v) is 10.1. The lowest BCUT2D eigenvalue weighted by atomic mass is 9.90. The molecule has 0 aliphatic carbocycles. The maximum Gasteiger partial charge on any atom is 0.335 e. The zero-order valence-corrected chi connectivity index (χ0v) is 53.0. The van der Waals surface area contributed by atoms with Crippen LogP contribution in [-0.4, -0.2) is 220 Å². The van der Waals surface area contributed by atoms with Crippen molar-refractivity contribution >= 4 is 93.5 Å². The number of carboxylic acids is 2. The number of ether oxygens (including phenoxy) is 1. The van der Waals surface area contributed by atoms with Crippen LogP contribution in [0.2, 0.25) is 0 Å². The number of aliphatic hydroxyl groups excluding tert-OH is 6. The number of alkyl halides is 1. The first-order valence-electron chi connectivity index (χ1n) is 30.9. The molecule has 1 aliphatic heterocycles. The number of fused-ring (bicyclic) bond motifs is 1. The summed E-state index contributed by atoms with van der Waals surface area (Å²) in [5.41, 5.74) is 2.66. The SMILES string of the molecule is C/C=C1\NC(=O)C(C(C)O)CC(=O)C(Cc2cccc3[nH]ccc23)NC(=O)C(CCO)NC(=O)C(CC(=O)O)NC(=O)C(O)(CCCN)NC(=O)C(NC(=O)CC(O)C(O)CCCCCCCCCCCC)COC(=O)C(C(O)CCl)NC(=O)C(C(O)C(=O)O)NC1=O. The van der Waals surface area contributed by atoms with E-state index in [0.29, 0.717) is 29.3 Å². The summed E-state index contributed by atoms with van der Waals surface area (Å²) in [5.74, 6) is -21.1. The summed E-state index contributed by atoms with van der Waals surface area (Å²) in [6, 6.07) is -6.60. The van der Waals surface area contributed by atoms with Crippen LogP contribution < -0.4 is 48.3 Å². The summed E-state index contributed by atoms with van der Waals surface area (Å²) in [6.45, 7) is 1.83. The van der Waals surface area contributed by atoms with Crippen LogP contribution in [0.1, 0.15) is 135 Å². The number of unbranched alkanes of at least 4 members (excludes halogenated alkanes) is 9. The molecule has 2 aromatic rings. The lowest BCUT2D eigenvalue weighted by Crippen LogP contribution is -2.66. The number of ketones is 1. The largest absolute Gasteiger partial charge is 0.481 e. The number of carbonyl (C=O) groups excluding carboxylic acids is 10. The molecule has 1 saturated heterocycles. The highest BCUT2D eigenvalue weighted by molar-refractivity contribution is 6.18. The van der Waals surface area contributed by atoms with E-state index < -0.39 is 206 Å². The van der Waals surface area contributed by atoms with Crippen molar-refractivity contribution in [3.63, 3.8) is 0 Å². The van der Waals surface area contributed by atoms with Crippen LogP contribution in [0.3, 0.4) is 0 Å². The number of aromatic amines is 1. The number of allylic oxidation sites excluding steroid dienone is 1. The number of aliphatic hydroxyl groups is 7. The smallest absolute Gasteiger partial charge is 0.335 e. The molecule has 520 valence electrons. The van der Waals surface area contributed by atoms with Crippen LogP contribution in [0.15, 0.2) is 42.2 Å². The van der Waals surface area contributed by atoms with E-state index in [2.05, 4.69) is 33.2 Å². The van der Waals surface area contributed by atoms with E-state index in [1.54, 1.807) is 30.5 Å². The Bertz CT molecular complexity index is 2890. The number of carbonyl (C=O) groups is 12. The molecule has 0 saturated carbocycles. The number of nitrogens with one attached hydrogen (secondary N) is 9. The molecule has 0 bridgehead atoms. The van der Waals surface area contributed by atoms with Gasteiger partial charge >= 0.3 is 17.9 Å². The lowest BCUT2D eigenvalue weighted by molar-refractivity contribution is -0.157. The van der Waals surface area contributed by atoms with E-state index in [4.69, 9.17) is 22.1 Å². The number of esters is 1. The predicted molar refractivity (Wildman–Crippen MR) is 330 cm³/mol. The number of amides is 8. The van der Waals surface area contributed by atoms with E-state index in [1.165, 1.54) is 6.92 Å². The average Bonchev–Trinajstić information content (AvgIpc) is 1.93. The number of carboxylic acid groups (broad SMARTS) is 2. The van der Waals surface area contributed by atoms with E-state index in [0.717, 1.165) is 64.4 Å². The van der Waals surface area contributed by atoms with Gasteiger partial charge in [0.15, 0.2) is 17.9 Å². The Balaban J connectivity index is 2.20. The van der Waals surface area contributed by atoms with Crippen molar-refractivity contribution in [2.75, 3.05) is 25.6 Å². The van der Waals surface area contributed by atoms with Gasteiger partial charge in [-0.3, -0.25) is 47.9 Å². The molecule has 13 unspecified atom stereocenters. The van der Waals surface area contributed by atoms with Crippen molar-refractivity contribution < 1.29 is 108 Å². The van der Waals surface area contributed by atoms with Gasteiger partial charge in [0.1, 0.15) is 36.5 Å². The standard InChI is InChI=1S/C60H91ClN10O22/c1-4-6-7-8-9-10-11-12-13-14-19-42(74)44(76)29-46(78)64-41-31-93-58(90)48(45(77)30-61)69-56(87)49(50(81)57(88)89)70-52(83)36(5-2)65-51(82)35(32(3)73)27-43(75)39(26-33-17-15-18-37-34(33)20-24-63-37)67-53(84)38(21-25-72)66-54(85)40(28-47(79)80)68-59(91)60(92,22-16-23-62)71-55(41)86/h5,15,17-18,20,24,32,35,38-42,44-45,48-50,63,72-74,76-77,81,92H,4,6-14,16,19,21-23,25-31,62H2,1-3H3,(H,64,78)(H,65,82)(H,66,85)(H,67,84)(H,68,91)(H,69,87)(H,70,83)(H,71,86)(H,79,80)(H,88,89)/b36-5-. The van der Waals surface area contributed by atoms with Gasteiger partial charge in [0, 0.05) is 43.0 Å². The quantitative estimate of drug-likeness (QED) is 0.0167. The Morgan fingerprint density at radius 1 is 0.774 bits per heavy atom. The molecular formula is C60H91ClN10O22. The molecule has 1 aromatic heterocycles. The van der Waals surface area contributed by atoms with Gasteiger partial charge in [-0.15, -0.1) is 11.6 Å². The second-order valence-corrected chi connectivity index (χ2v) is 23.1. The van der Waals surface area contributed by atoms with E-state index in [9.17, 15) is 103 Å². The molecule has 20 N–H and O–H groups in total. The van der Waals surface area contributed by atoms with Gasteiger partial charge in [-0.1, -0.05) is 89.3 Å². The number of aromatic nitrogens is 1. The second kappa shape index (κ2) is 40.4. The molecule has 8 amide bonds. The van der Waals surface area contributed by atoms with Gasteiger partial charge in [0.2, 0.25) is 41.2 Å². The first kappa shape index (κ1) is 79.5. The highest BCUT2D eigenvalue weighted by Crippen LogP contribution is 2.22. The third-order valence-corrected chi connectivity index (χ3v) is 15.7. The Hall–Kier alpha value is -7.69. The summed E-state index contributed by atoms with van der Waals surface area (Å²) in [4.78, 5) is 169. The zero-order chi connectivity index (χ0) is 69.5. The van der Waals surface area contributed by atoms with Crippen molar-refractivity contribution in [1.29, 1.82) is 0 Å². The van der Waals surface area contributed by atoms with Crippen LogP contribution in [0.25, 0.3) is 10.9 Å². The number of rotatable bonds is 29. The normalized spacial score (nSPS) is 24.5. The van der Waals surface area contributed by atoms with Crippen LogP contribution in [0, 0.1) is 5.92 Å². The third-order valence-electron chi connectivity index (χ3n) is 15.4. The van der Waals surface area contributed by atoms with E-state index in [1.807, 2.05) is 21.3 Å². The monoisotopic (exact) mass is 1340 g/mol. The van der Waals surface area contributed by atoms with Gasteiger partial charge in [0.05, 0.1) is 55.1 Å². The minimum absolute atomic E-state index is 0.0430. The fraction of sp³-hybridized carbons (Fsp3) is 0.633. The van der Waals surface area contributed by atoms with Crippen molar-refractivity contribution in [3.05, 3.63) is 47.8 Å². The number of halogens is 1. The van der Waals surface area contributed by atoms with Gasteiger partial charge < -0.3 is 104 Å². The summed E-state index contributed by atoms with van der Waals surface area (Å²) in [6.07, 6.45) is -3.24. The van der Waals surface area contributed by atoms with Crippen LogP contribution in [0.5, 0.6) is 0 Å². The Morgan fingerprint density at radius 2 is 1.41 bits per heavy atom. The van der Waals surface area contributed by atoms with Crippen LogP contribution >= 0.6 is 11.6 Å². The average molecular weight is 1340 g/mol. The lowest BCUT2D eigenvalue weighted by Gasteiger charge is -2.32. The Labute approximate surface area is 541 Å². The third kappa shape index (κ3) is 26.0. The number of hydrogen-bond acceptors (Lipinski definition) is 21. The number of nitrogens with two attached hydrogens (primary N) is 1. The highest BCUT2D eigenvalue weighted by Gasteiger charge is 2.44. The number of hydrogen-bond donors (Lipinski definition) is 19. The first-order chi connectivity index (χ1) is 44.1. The summed E-state index contributed by atoms with van der Waals surface area (Å²) in [5, 5.41) is 114. The summed E-state index contributed by atoms with van der Waals surface area (Å²) in [7, 11) is 0. The van der Waals surface area contributed by atoms with Crippen LogP contribution in [-0.2, 0) is 68.7 Å². The molecule has 1 aromatic carbocycles. The van der Waals surface area contributed by atoms with Crippen molar-refractivity contribution in [2.45, 2.75) is 209 Å². The van der Waals surface area contributed by atoms with Crippen molar-refractivity contribution in [1.82, 2.24) is 47.5 Å². The van der Waals surface area contributed by atoms with Gasteiger partial charge in [-0.05, 0) is 57.4 Å². The van der Waals surface area contributed by atoms with E-state index in [-0.39, 0.29) is 25.8 Å². The minimum atomic E-state index is -3.25. The van der Waals surface area contributed by atoms with Crippen molar-refractivity contribution in [3.8, 4) is 0 Å². The number of H-pyrrole nitrogens is 1. The number of benzene rings is 1. The molecular weight excluding hydrogens is 1250 g/mol. The molecule has 0 spiro atoms.